The van der Waals surface area contributed by atoms with E-state index in [1.807, 2.05) is 6.07 Å². The first-order valence-corrected chi connectivity index (χ1v) is 9.91. The molecule has 0 bridgehead atoms. The molecule has 2 fully saturated rings. The van der Waals surface area contributed by atoms with E-state index in [4.69, 9.17) is 5.73 Å². The Hall–Kier alpha value is -2.58. The van der Waals surface area contributed by atoms with Gasteiger partial charge >= 0.3 is 6.18 Å². The van der Waals surface area contributed by atoms with E-state index in [-0.39, 0.29) is 38.2 Å². The number of rotatable bonds is 3. The molecular formula is C20H21F5N6. The summed E-state index contributed by atoms with van der Waals surface area (Å²) in [6.45, 7) is -0.766. The van der Waals surface area contributed by atoms with Crippen molar-refractivity contribution in [1.82, 2.24) is 14.9 Å². The van der Waals surface area contributed by atoms with Gasteiger partial charge in [0.15, 0.2) is 0 Å². The normalized spacial score (nSPS) is 26.9. The molecule has 2 aromatic rings. The molecule has 2 aliphatic heterocycles. The second-order valence-electron chi connectivity index (χ2n) is 8.20. The Labute approximate surface area is 175 Å². The highest BCUT2D eigenvalue weighted by Crippen LogP contribution is 2.41. The van der Waals surface area contributed by atoms with Crippen molar-refractivity contribution in [1.29, 1.82) is 5.26 Å². The fraction of sp³-hybridized carbons (Fsp3) is 0.550. The molecule has 6 nitrogen and oxygen atoms in total. The predicted octanol–water partition coefficient (Wildman–Crippen LogP) is 2.78. The fourth-order valence-corrected chi connectivity index (χ4v) is 4.53. The number of alkyl halides is 5. The molecule has 1 aromatic heterocycles. The fourth-order valence-electron chi connectivity index (χ4n) is 4.53. The van der Waals surface area contributed by atoms with Crippen LogP contribution in [-0.4, -0.2) is 65.7 Å². The minimum atomic E-state index is -4.47. The van der Waals surface area contributed by atoms with Crippen LogP contribution in [0.25, 0.3) is 11.0 Å². The molecule has 3 atom stereocenters. The van der Waals surface area contributed by atoms with Crippen LogP contribution < -0.4 is 10.6 Å². The van der Waals surface area contributed by atoms with E-state index in [0.29, 0.717) is 16.7 Å². The smallest absolute Gasteiger partial charge is 0.369 e. The van der Waals surface area contributed by atoms with Gasteiger partial charge < -0.3 is 10.6 Å². The first-order valence-electron chi connectivity index (χ1n) is 9.91. The van der Waals surface area contributed by atoms with Crippen molar-refractivity contribution < 1.29 is 22.0 Å². The maximum atomic E-state index is 14.0. The lowest BCUT2D eigenvalue weighted by Crippen LogP contribution is -2.56. The van der Waals surface area contributed by atoms with Crippen LogP contribution in [0.1, 0.15) is 12.0 Å². The highest BCUT2D eigenvalue weighted by molar-refractivity contribution is 5.92. The Morgan fingerprint density at radius 2 is 1.87 bits per heavy atom. The Morgan fingerprint density at radius 3 is 2.52 bits per heavy atom. The summed E-state index contributed by atoms with van der Waals surface area (Å²) >= 11 is 0. The summed E-state index contributed by atoms with van der Waals surface area (Å²) in [5.41, 5.74) is 6.85. The monoisotopic (exact) mass is 440 g/mol. The van der Waals surface area contributed by atoms with Crippen molar-refractivity contribution in [2.24, 2.45) is 17.6 Å². The second-order valence-corrected chi connectivity index (χ2v) is 8.20. The van der Waals surface area contributed by atoms with Crippen molar-refractivity contribution in [3.8, 4) is 6.07 Å². The molecule has 0 spiro atoms. The van der Waals surface area contributed by atoms with Gasteiger partial charge in [0.05, 0.1) is 29.8 Å². The Kier molecular flexibility index (Phi) is 5.47. The van der Waals surface area contributed by atoms with E-state index >= 15 is 0 Å². The lowest BCUT2D eigenvalue weighted by Gasteiger charge is -2.38. The number of piperidine rings is 1. The van der Waals surface area contributed by atoms with Crippen LogP contribution in [-0.2, 0) is 0 Å². The molecule has 166 valence electrons. The number of nitrogens with two attached hydrogens (primary N) is 1. The third-order valence-electron chi connectivity index (χ3n) is 6.15. The zero-order valence-corrected chi connectivity index (χ0v) is 16.5. The molecule has 0 amide bonds. The summed E-state index contributed by atoms with van der Waals surface area (Å²) in [4.78, 5) is 11.3. The Morgan fingerprint density at radius 1 is 1.16 bits per heavy atom. The highest BCUT2D eigenvalue weighted by Gasteiger charge is 2.51. The topological polar surface area (TPSA) is 82.1 Å². The van der Waals surface area contributed by atoms with Crippen LogP contribution in [0, 0.1) is 23.2 Å². The van der Waals surface area contributed by atoms with Crippen LogP contribution in [0.4, 0.5) is 27.6 Å². The quantitative estimate of drug-likeness (QED) is 0.740. The Bertz CT molecular complexity index is 1000. The van der Waals surface area contributed by atoms with Crippen molar-refractivity contribution in [3.05, 3.63) is 30.1 Å². The maximum Gasteiger partial charge on any atom is 0.393 e. The third kappa shape index (κ3) is 4.14. The summed E-state index contributed by atoms with van der Waals surface area (Å²) < 4.78 is 69.4. The number of halogens is 5. The van der Waals surface area contributed by atoms with Gasteiger partial charge in [0.25, 0.3) is 5.92 Å². The number of aromatic nitrogens is 2. The number of likely N-dealkylation sites (tertiary alicyclic amines) is 1. The molecule has 0 aliphatic carbocycles. The Balaban J connectivity index is 1.61. The van der Waals surface area contributed by atoms with Gasteiger partial charge in [0.2, 0.25) is 0 Å². The van der Waals surface area contributed by atoms with Crippen molar-refractivity contribution in [2.45, 2.75) is 24.6 Å². The average molecular weight is 440 g/mol. The first-order chi connectivity index (χ1) is 14.6. The number of hydrogen-bond acceptors (Lipinski definition) is 6. The van der Waals surface area contributed by atoms with Crippen molar-refractivity contribution in [2.75, 3.05) is 37.6 Å². The number of nitrogens with zero attached hydrogens (tertiary/aromatic N) is 5. The maximum absolute atomic E-state index is 14.0. The van der Waals surface area contributed by atoms with Gasteiger partial charge in [-0.1, -0.05) is 0 Å². The lowest BCUT2D eigenvalue weighted by molar-refractivity contribution is -0.181. The molecule has 2 saturated heterocycles. The van der Waals surface area contributed by atoms with E-state index in [9.17, 15) is 27.2 Å². The van der Waals surface area contributed by atoms with Gasteiger partial charge in [-0.25, -0.2) is 8.78 Å². The van der Waals surface area contributed by atoms with E-state index in [1.165, 1.54) is 23.4 Å². The zero-order valence-electron chi connectivity index (χ0n) is 16.5. The van der Waals surface area contributed by atoms with Crippen LogP contribution >= 0.6 is 0 Å². The minimum Gasteiger partial charge on any atom is -0.369 e. The van der Waals surface area contributed by atoms with Crippen LogP contribution in [0.15, 0.2) is 24.5 Å². The number of fused-ring (bicyclic) bond motifs is 1. The standard InChI is InChI=1S/C20H21F5N6/c21-19(22)11-30(6-3-16(19)27)8-13-9-31(10-14(13)20(23,24)25)15-2-1-12(7-26)17-18(15)29-5-4-28-17/h1-2,4-5,13-14,16H,3,6,8-11,27H2/t13-,14-,16?/m0/s1. The van der Waals surface area contributed by atoms with E-state index in [2.05, 4.69) is 9.97 Å². The number of anilines is 1. The summed E-state index contributed by atoms with van der Waals surface area (Å²) in [5.74, 6) is -5.67. The molecule has 1 unspecified atom stereocenters. The van der Waals surface area contributed by atoms with Crippen LogP contribution in [0.3, 0.4) is 0 Å². The SMILES string of the molecule is N#Cc1ccc(N2C[C@H](CN3CCC(N)C(F)(F)C3)[C@@H](C(F)(F)F)C2)c2nccnc12. The first kappa shape index (κ1) is 21.6. The summed E-state index contributed by atoms with van der Waals surface area (Å²) in [7, 11) is 0. The van der Waals surface area contributed by atoms with E-state index in [0.717, 1.165) is 0 Å². The molecule has 11 heteroatoms. The van der Waals surface area contributed by atoms with Gasteiger partial charge in [-0.3, -0.25) is 14.9 Å². The van der Waals surface area contributed by atoms with Crippen LogP contribution in [0.5, 0.6) is 0 Å². The van der Waals surface area contributed by atoms with Gasteiger partial charge in [-0.15, -0.1) is 0 Å². The van der Waals surface area contributed by atoms with Gasteiger partial charge in [-0.2, -0.15) is 18.4 Å². The van der Waals surface area contributed by atoms with E-state index < -0.39 is 36.5 Å². The summed E-state index contributed by atoms with van der Waals surface area (Å²) in [5, 5.41) is 9.27. The van der Waals surface area contributed by atoms with Gasteiger partial charge in [0.1, 0.15) is 17.1 Å². The minimum absolute atomic E-state index is 0.0376. The lowest BCUT2D eigenvalue weighted by atomic mass is 9.93. The van der Waals surface area contributed by atoms with E-state index in [1.54, 1.807) is 11.0 Å². The highest BCUT2D eigenvalue weighted by atomic mass is 19.4. The molecule has 0 radical (unpaired) electrons. The zero-order chi connectivity index (χ0) is 22.4. The summed E-state index contributed by atoms with van der Waals surface area (Å²) in [6.07, 6.45) is -1.60. The second kappa shape index (κ2) is 7.84. The third-order valence-corrected chi connectivity index (χ3v) is 6.15. The van der Waals surface area contributed by atoms with Crippen molar-refractivity contribution in [3.63, 3.8) is 0 Å². The number of benzene rings is 1. The average Bonchev–Trinajstić information content (AvgIpc) is 3.13. The van der Waals surface area contributed by atoms with Crippen molar-refractivity contribution >= 4 is 16.7 Å². The largest absolute Gasteiger partial charge is 0.393 e. The molecule has 3 heterocycles. The van der Waals surface area contributed by atoms with Gasteiger partial charge in [-0.05, 0) is 18.6 Å². The summed E-state index contributed by atoms with van der Waals surface area (Å²) in [6, 6.07) is 3.81. The molecule has 2 N–H and O–H groups in total. The molecule has 4 rings (SSSR count). The van der Waals surface area contributed by atoms with Gasteiger partial charge in [0, 0.05) is 44.5 Å². The molecule has 2 aliphatic rings. The number of nitriles is 1. The van der Waals surface area contributed by atoms with Crippen LogP contribution in [0.2, 0.25) is 0 Å². The number of hydrogen-bond donors (Lipinski definition) is 1. The molecule has 0 saturated carbocycles. The molecular weight excluding hydrogens is 419 g/mol. The molecule has 31 heavy (non-hydrogen) atoms. The molecule has 1 aromatic carbocycles. The predicted molar refractivity (Wildman–Crippen MR) is 103 cm³/mol.